The van der Waals surface area contributed by atoms with E-state index < -0.39 is 29.2 Å². The highest BCUT2D eigenvalue weighted by Crippen LogP contribution is 2.43. The molecule has 0 aromatic heterocycles. The van der Waals surface area contributed by atoms with Gasteiger partial charge in [0.1, 0.15) is 23.1 Å². The van der Waals surface area contributed by atoms with E-state index in [9.17, 15) is 13.6 Å². The first-order valence-corrected chi connectivity index (χ1v) is 14.8. The Morgan fingerprint density at radius 3 is 2.50 bits per heavy atom. The van der Waals surface area contributed by atoms with E-state index in [1.807, 2.05) is 36.4 Å². The Kier molecular flexibility index (Phi) is 9.92. The van der Waals surface area contributed by atoms with Crippen molar-refractivity contribution >= 4 is 27.7 Å². The summed E-state index contributed by atoms with van der Waals surface area (Å²) < 4.78 is 46.6. The van der Waals surface area contributed by atoms with Crippen molar-refractivity contribution in [2.75, 3.05) is 20.3 Å². The fourth-order valence-corrected chi connectivity index (χ4v) is 5.26. The molecule has 4 aromatic carbocycles. The summed E-state index contributed by atoms with van der Waals surface area (Å²) in [4.78, 5) is 19.3. The molecule has 0 saturated carbocycles. The maximum atomic E-state index is 14.5. The van der Waals surface area contributed by atoms with E-state index >= 15 is 0 Å². The van der Waals surface area contributed by atoms with Gasteiger partial charge in [0.05, 0.1) is 13.7 Å². The third-order valence-electron chi connectivity index (χ3n) is 7.27. The summed E-state index contributed by atoms with van der Waals surface area (Å²) in [7, 11) is 1.56. The van der Waals surface area contributed by atoms with Crippen LogP contribution in [0.15, 0.2) is 100 Å². The van der Waals surface area contributed by atoms with Crippen molar-refractivity contribution in [2.24, 2.45) is 4.99 Å². The van der Waals surface area contributed by atoms with Crippen molar-refractivity contribution in [1.29, 1.82) is 0 Å². The Hall–Kier alpha value is -4.28. The van der Waals surface area contributed by atoms with Gasteiger partial charge in [-0.1, -0.05) is 46.3 Å². The minimum atomic E-state index is -1.51. The van der Waals surface area contributed by atoms with Crippen LogP contribution in [-0.2, 0) is 22.5 Å². The molecule has 7 nitrogen and oxygen atoms in total. The van der Waals surface area contributed by atoms with Crippen LogP contribution < -0.4 is 14.8 Å². The van der Waals surface area contributed by atoms with Crippen LogP contribution in [0, 0.1) is 11.6 Å². The summed E-state index contributed by atoms with van der Waals surface area (Å²) in [6.07, 6.45) is -0.212. The standard InChI is InChI=1S/C34H31BrF2N2O5/c1-42-29-5-2-4-24(18-29)31-34(20-22-6-11-26(35)12-7-22,33(41)38-21-25-8-13-27(36)19-30(25)37)39-32(44-31)23-9-14-28(15-10-23)43-17-3-16-40/h2,4-15,18-19,31,40H,3,16-17,20-21H2,1H3,(H,38,41)/t31-,34-/m1/s1. The number of hydrogen-bond acceptors (Lipinski definition) is 6. The Morgan fingerprint density at radius 1 is 1.02 bits per heavy atom. The molecule has 0 bridgehead atoms. The fourth-order valence-electron chi connectivity index (χ4n) is 4.99. The summed E-state index contributed by atoms with van der Waals surface area (Å²) >= 11 is 3.46. The maximum Gasteiger partial charge on any atom is 0.252 e. The molecule has 1 aliphatic heterocycles. The summed E-state index contributed by atoms with van der Waals surface area (Å²) in [5, 5.41) is 11.9. The van der Waals surface area contributed by atoms with E-state index in [4.69, 9.17) is 24.3 Å². The molecule has 0 radical (unpaired) electrons. The molecule has 5 rings (SSSR count). The summed E-state index contributed by atoms with van der Waals surface area (Å²) in [5.74, 6) is -0.508. The van der Waals surface area contributed by atoms with Crippen LogP contribution in [0.25, 0.3) is 0 Å². The van der Waals surface area contributed by atoms with Crippen LogP contribution >= 0.6 is 15.9 Å². The number of rotatable bonds is 12. The lowest BCUT2D eigenvalue weighted by Crippen LogP contribution is -2.49. The topological polar surface area (TPSA) is 89.4 Å². The Balaban J connectivity index is 1.57. The molecule has 1 amide bonds. The van der Waals surface area contributed by atoms with Gasteiger partial charge in [-0.05, 0) is 65.7 Å². The highest BCUT2D eigenvalue weighted by atomic mass is 79.9. The summed E-state index contributed by atoms with van der Waals surface area (Å²) in [6.45, 7) is 0.226. The molecule has 2 N–H and O–H groups in total. The second-order valence-electron chi connectivity index (χ2n) is 10.3. The largest absolute Gasteiger partial charge is 0.497 e. The lowest BCUT2D eigenvalue weighted by atomic mass is 9.82. The van der Waals surface area contributed by atoms with Gasteiger partial charge in [0.25, 0.3) is 5.91 Å². The predicted molar refractivity (Wildman–Crippen MR) is 166 cm³/mol. The molecule has 1 heterocycles. The monoisotopic (exact) mass is 664 g/mol. The van der Waals surface area contributed by atoms with Crippen molar-refractivity contribution in [2.45, 2.75) is 31.0 Å². The van der Waals surface area contributed by atoms with E-state index in [-0.39, 0.29) is 31.0 Å². The molecule has 0 aliphatic carbocycles. The van der Waals surface area contributed by atoms with Crippen molar-refractivity contribution in [1.82, 2.24) is 5.32 Å². The van der Waals surface area contributed by atoms with E-state index in [1.54, 1.807) is 43.5 Å². The molecule has 0 saturated heterocycles. The zero-order valence-electron chi connectivity index (χ0n) is 23.9. The molecular weight excluding hydrogens is 634 g/mol. The van der Waals surface area contributed by atoms with Crippen LogP contribution in [0.3, 0.4) is 0 Å². The molecule has 0 spiro atoms. The molecule has 228 valence electrons. The van der Waals surface area contributed by atoms with Crippen LogP contribution in [0.2, 0.25) is 0 Å². The number of benzene rings is 4. The van der Waals surface area contributed by atoms with E-state index in [0.717, 1.165) is 22.2 Å². The number of nitrogens with zero attached hydrogens (tertiary/aromatic N) is 1. The quantitative estimate of drug-likeness (QED) is 0.173. The van der Waals surface area contributed by atoms with Crippen LogP contribution in [-0.4, -0.2) is 42.8 Å². The number of carbonyl (C=O) groups excluding carboxylic acids is 1. The third kappa shape index (κ3) is 7.09. The van der Waals surface area contributed by atoms with Crippen molar-refractivity contribution in [3.8, 4) is 11.5 Å². The highest BCUT2D eigenvalue weighted by molar-refractivity contribution is 9.10. The second kappa shape index (κ2) is 14.0. The van der Waals surface area contributed by atoms with Gasteiger partial charge in [-0.25, -0.2) is 13.8 Å². The van der Waals surface area contributed by atoms with E-state index in [0.29, 0.717) is 35.7 Å². The maximum absolute atomic E-state index is 14.5. The molecule has 0 unspecified atom stereocenters. The van der Waals surface area contributed by atoms with E-state index in [2.05, 4.69) is 21.2 Å². The highest BCUT2D eigenvalue weighted by Gasteiger charge is 2.53. The number of aliphatic imine (C=N–C) groups is 1. The number of aliphatic hydroxyl groups excluding tert-OH is 1. The molecule has 0 fully saturated rings. The van der Waals surface area contributed by atoms with Gasteiger partial charge in [-0.2, -0.15) is 0 Å². The first kappa shape index (κ1) is 31.2. The van der Waals surface area contributed by atoms with E-state index in [1.165, 1.54) is 6.07 Å². The number of carbonyl (C=O) groups is 1. The Bertz CT molecular complexity index is 1630. The number of nitrogens with one attached hydrogen (secondary N) is 1. The molecular formula is C34H31BrF2N2O5. The zero-order chi connectivity index (χ0) is 31.1. The van der Waals surface area contributed by atoms with Crippen LogP contribution in [0.4, 0.5) is 8.78 Å². The predicted octanol–water partition coefficient (Wildman–Crippen LogP) is 6.31. The van der Waals surface area contributed by atoms with Crippen molar-refractivity contribution in [3.63, 3.8) is 0 Å². The van der Waals surface area contributed by atoms with Crippen molar-refractivity contribution in [3.05, 3.63) is 129 Å². The minimum absolute atomic E-state index is 0.0324. The number of aliphatic hydroxyl groups is 1. The number of methoxy groups -OCH3 is 1. The molecule has 4 aromatic rings. The number of amides is 1. The first-order chi connectivity index (χ1) is 21.3. The first-order valence-electron chi connectivity index (χ1n) is 14.0. The lowest BCUT2D eigenvalue weighted by Gasteiger charge is -2.31. The molecule has 2 atom stereocenters. The lowest BCUT2D eigenvalue weighted by molar-refractivity contribution is -0.129. The average molecular weight is 666 g/mol. The average Bonchev–Trinajstić information content (AvgIpc) is 3.42. The number of hydrogen-bond donors (Lipinski definition) is 2. The molecule has 1 aliphatic rings. The van der Waals surface area contributed by atoms with Gasteiger partial charge in [0.15, 0.2) is 11.6 Å². The summed E-state index contributed by atoms with van der Waals surface area (Å²) in [5.41, 5.74) is 0.735. The minimum Gasteiger partial charge on any atom is -0.497 e. The smallest absolute Gasteiger partial charge is 0.252 e. The van der Waals surface area contributed by atoms with Crippen LogP contribution in [0.1, 0.15) is 34.8 Å². The second-order valence-corrected chi connectivity index (χ2v) is 11.2. The van der Waals surface area contributed by atoms with Gasteiger partial charge in [-0.3, -0.25) is 4.79 Å². The van der Waals surface area contributed by atoms with Crippen LogP contribution in [0.5, 0.6) is 11.5 Å². The Morgan fingerprint density at radius 2 is 1.80 bits per heavy atom. The van der Waals surface area contributed by atoms with Gasteiger partial charge in [-0.15, -0.1) is 0 Å². The van der Waals surface area contributed by atoms with Gasteiger partial charge in [0, 0.05) is 47.7 Å². The Labute approximate surface area is 262 Å². The van der Waals surface area contributed by atoms with Gasteiger partial charge in [0.2, 0.25) is 5.90 Å². The fraction of sp³-hybridized carbons (Fsp3) is 0.235. The zero-order valence-corrected chi connectivity index (χ0v) is 25.5. The molecule has 10 heteroatoms. The normalized spacial score (nSPS) is 17.5. The van der Waals surface area contributed by atoms with Crippen molar-refractivity contribution < 1.29 is 32.9 Å². The number of ether oxygens (including phenoxy) is 3. The molecule has 44 heavy (non-hydrogen) atoms. The number of halogens is 3. The summed E-state index contributed by atoms with van der Waals surface area (Å²) in [6, 6.07) is 25.1. The third-order valence-corrected chi connectivity index (χ3v) is 7.80. The van der Waals surface area contributed by atoms with Gasteiger partial charge >= 0.3 is 0 Å². The van der Waals surface area contributed by atoms with Gasteiger partial charge < -0.3 is 24.6 Å². The SMILES string of the molecule is COc1cccc([C@H]2OC(c3ccc(OCCCO)cc3)=N[C@@]2(Cc2ccc(Br)cc2)C(=O)NCc2ccc(F)cc2F)c1.